The number of benzene rings is 3. The van der Waals surface area contributed by atoms with Crippen molar-refractivity contribution in [1.29, 1.82) is 0 Å². The minimum atomic E-state index is -0.750. The number of nitrogens with zero attached hydrogens (tertiary/aromatic N) is 2. The van der Waals surface area contributed by atoms with Crippen molar-refractivity contribution >= 4 is 51.5 Å². The van der Waals surface area contributed by atoms with Crippen LogP contribution in [0, 0.1) is 6.92 Å². The number of aldehydes is 1. The Morgan fingerprint density at radius 2 is 1.79 bits per heavy atom. The lowest BCUT2D eigenvalue weighted by atomic mass is 10.1. The molecule has 38 heavy (non-hydrogen) atoms. The van der Waals surface area contributed by atoms with Gasteiger partial charge in [0.1, 0.15) is 13.7 Å². The first-order chi connectivity index (χ1) is 18.7. The van der Waals surface area contributed by atoms with Crippen LogP contribution in [0.2, 0.25) is 5.02 Å². The van der Waals surface area contributed by atoms with E-state index in [4.69, 9.17) is 22.4 Å². The fourth-order valence-corrected chi connectivity index (χ4v) is 4.88. The van der Waals surface area contributed by atoms with Gasteiger partial charge in [-0.3, -0.25) is 19.0 Å². The first-order valence-corrected chi connectivity index (χ1v) is 12.3. The molecule has 2 aromatic heterocycles. The first kappa shape index (κ1) is 24.0. The number of methoxy groups -OCH3 is 1. The number of carbonyl (C=O) groups is 3. The fourth-order valence-electron chi connectivity index (χ4n) is 4.76. The average molecular weight is 530 g/mol. The molecular weight excluding hydrogens is 504 g/mol. The maximum Gasteiger partial charge on any atom is 0.310 e. The Labute approximate surface area is 225 Å². The van der Waals surface area contributed by atoms with E-state index in [1.807, 2.05) is 12.1 Å². The van der Waals surface area contributed by atoms with Crippen LogP contribution in [0.1, 0.15) is 38.9 Å². The van der Waals surface area contributed by atoms with Gasteiger partial charge in [0.25, 0.3) is 5.91 Å². The van der Waals surface area contributed by atoms with Gasteiger partial charge in [-0.2, -0.15) is 0 Å². The largest absolute Gasteiger partial charge is 0.497 e. The summed E-state index contributed by atoms with van der Waals surface area (Å²) < 4.78 is 21.8. The number of halogens is 1. The molecule has 8 heteroatoms. The van der Waals surface area contributed by atoms with E-state index in [2.05, 4.69) is 0 Å². The topological polar surface area (TPSA) is 79.5 Å². The summed E-state index contributed by atoms with van der Waals surface area (Å²) >= 11 is 6.00. The van der Waals surface area contributed by atoms with Crippen molar-refractivity contribution in [1.82, 2.24) is 9.13 Å². The van der Waals surface area contributed by atoms with Crippen molar-refractivity contribution in [3.63, 3.8) is 0 Å². The van der Waals surface area contributed by atoms with Gasteiger partial charge in [-0.05, 0) is 66.6 Å². The Balaban J connectivity index is 1.42. The van der Waals surface area contributed by atoms with Gasteiger partial charge in [-0.25, -0.2) is 0 Å². The van der Waals surface area contributed by atoms with E-state index in [0.717, 1.165) is 16.5 Å². The van der Waals surface area contributed by atoms with Gasteiger partial charge in [0.2, 0.25) is 0 Å². The highest BCUT2D eigenvalue weighted by molar-refractivity contribution is 6.30. The van der Waals surface area contributed by atoms with Crippen molar-refractivity contribution in [3.8, 4) is 5.75 Å². The molecule has 0 saturated heterocycles. The molecule has 7 nitrogen and oxygen atoms in total. The lowest BCUT2D eigenvalue weighted by Crippen LogP contribution is -2.14. The summed E-state index contributed by atoms with van der Waals surface area (Å²) in [5.41, 5.74) is 4.28. The maximum atomic E-state index is 13.5. The molecule has 0 aliphatic rings. The van der Waals surface area contributed by atoms with E-state index in [1.54, 1.807) is 84.9 Å². The van der Waals surface area contributed by atoms with E-state index in [1.165, 1.54) is 0 Å². The number of carbonyl (C=O) groups excluding carboxylic acids is 3. The first-order valence-electron chi connectivity index (χ1n) is 12.4. The van der Waals surface area contributed by atoms with E-state index < -0.39 is 12.2 Å². The Morgan fingerprint density at radius 3 is 2.50 bits per heavy atom. The summed E-state index contributed by atoms with van der Waals surface area (Å²) in [6, 6.07) is 17.4. The van der Waals surface area contributed by atoms with Crippen molar-refractivity contribution in [3.05, 3.63) is 99.8 Å². The zero-order valence-electron chi connectivity index (χ0n) is 22.1. The Bertz CT molecular complexity index is 1770. The van der Waals surface area contributed by atoms with E-state index in [9.17, 15) is 14.4 Å². The number of fused-ring (bicyclic) bond motifs is 2. The van der Waals surface area contributed by atoms with Gasteiger partial charge in [-0.15, -0.1) is 0 Å². The highest BCUT2D eigenvalue weighted by Gasteiger charge is 2.22. The third-order valence-corrected chi connectivity index (χ3v) is 6.97. The number of hydrogen-bond acceptors (Lipinski definition) is 5. The standard InChI is InChI=1S/C30H25ClN2O5/c1-18-25(14-29(35)38-17-19-4-10-24-21(16-34)15-32(2)28(24)12-19)26-13-23(37-3)9-11-27(26)33(18)30(36)20-5-7-22(31)8-6-20/h4-13,15-16H,14,17H2,1-3H3/i16D. The molecule has 5 aromatic rings. The SMILES string of the molecule is [2H]C(=O)c1cn(C)c2cc(COC(=O)Cc3c(C)n(C(=O)c4ccc(Cl)cc4)c4ccc(OC)cc34)ccc12. The Hall–Kier alpha value is -4.36. The molecule has 0 bridgehead atoms. The van der Waals surface area contributed by atoms with Crippen LogP contribution in [0.25, 0.3) is 21.8 Å². The highest BCUT2D eigenvalue weighted by Crippen LogP contribution is 2.31. The molecule has 0 aliphatic carbocycles. The molecule has 0 amide bonds. The third kappa shape index (κ3) is 4.57. The quantitative estimate of drug-likeness (QED) is 0.194. The second-order valence-corrected chi connectivity index (χ2v) is 9.48. The van der Waals surface area contributed by atoms with Crippen molar-refractivity contribution in [2.45, 2.75) is 20.0 Å². The van der Waals surface area contributed by atoms with Crippen LogP contribution in [0.15, 0.2) is 66.9 Å². The molecule has 0 spiro atoms. The van der Waals surface area contributed by atoms with Crippen LogP contribution >= 0.6 is 11.6 Å². The highest BCUT2D eigenvalue weighted by atomic mass is 35.5. The summed E-state index contributed by atoms with van der Waals surface area (Å²) in [7, 11) is 3.35. The van der Waals surface area contributed by atoms with Crippen LogP contribution in [0.5, 0.6) is 5.75 Å². The van der Waals surface area contributed by atoms with Crippen molar-refractivity contribution in [2.24, 2.45) is 7.05 Å². The van der Waals surface area contributed by atoms with Crippen molar-refractivity contribution < 1.29 is 25.2 Å². The summed E-state index contributed by atoms with van der Waals surface area (Å²) in [6.07, 6.45) is 0.828. The second-order valence-electron chi connectivity index (χ2n) is 9.04. The predicted molar refractivity (Wildman–Crippen MR) is 146 cm³/mol. The maximum absolute atomic E-state index is 13.5. The van der Waals surface area contributed by atoms with Crippen LogP contribution in [-0.4, -0.2) is 34.4 Å². The van der Waals surface area contributed by atoms with Gasteiger partial charge in [-0.1, -0.05) is 23.7 Å². The number of aryl methyl sites for hydroxylation is 1. The normalized spacial score (nSPS) is 11.5. The molecule has 5 rings (SSSR count). The molecule has 2 heterocycles. The summed E-state index contributed by atoms with van der Waals surface area (Å²) in [4.78, 5) is 38.1. The van der Waals surface area contributed by atoms with E-state index in [0.29, 0.717) is 44.1 Å². The number of aromatic nitrogens is 2. The van der Waals surface area contributed by atoms with Crippen LogP contribution in [0.4, 0.5) is 0 Å². The minimum absolute atomic E-state index is 0.0365. The molecule has 0 aliphatic heterocycles. The molecule has 0 N–H and O–H groups in total. The van der Waals surface area contributed by atoms with Crippen LogP contribution in [0.3, 0.4) is 0 Å². The molecule has 0 unspecified atom stereocenters. The predicted octanol–water partition coefficient (Wildman–Crippen LogP) is 5.89. The zero-order valence-corrected chi connectivity index (χ0v) is 21.8. The zero-order chi connectivity index (χ0) is 27.8. The lowest BCUT2D eigenvalue weighted by molar-refractivity contribution is -0.144. The summed E-state index contributed by atoms with van der Waals surface area (Å²) in [5.74, 6) is -0.0807. The lowest BCUT2D eigenvalue weighted by Gasteiger charge is -2.09. The van der Waals surface area contributed by atoms with Gasteiger partial charge < -0.3 is 14.0 Å². The van der Waals surface area contributed by atoms with Gasteiger partial charge in [0, 0.05) is 51.4 Å². The van der Waals surface area contributed by atoms with Crippen LogP contribution in [-0.2, 0) is 29.6 Å². The monoisotopic (exact) mass is 529 g/mol. The average Bonchev–Trinajstić information content (AvgIpc) is 3.40. The summed E-state index contributed by atoms with van der Waals surface area (Å²) in [5, 5.41) is 1.93. The Kier molecular flexibility index (Phi) is 6.43. The van der Waals surface area contributed by atoms with Crippen LogP contribution < -0.4 is 4.74 Å². The van der Waals surface area contributed by atoms with E-state index >= 15 is 0 Å². The number of esters is 1. The number of ether oxygens (including phenoxy) is 2. The number of rotatable bonds is 7. The molecule has 192 valence electrons. The molecule has 0 saturated carbocycles. The molecular formula is C30H25ClN2O5. The minimum Gasteiger partial charge on any atom is -0.497 e. The molecule has 0 atom stereocenters. The number of hydrogen-bond donors (Lipinski definition) is 0. The molecule has 0 radical (unpaired) electrons. The van der Waals surface area contributed by atoms with Gasteiger partial charge >= 0.3 is 5.97 Å². The smallest absolute Gasteiger partial charge is 0.310 e. The van der Waals surface area contributed by atoms with Gasteiger partial charge in [0.15, 0.2) is 6.26 Å². The van der Waals surface area contributed by atoms with Gasteiger partial charge in [0.05, 0.1) is 19.0 Å². The van der Waals surface area contributed by atoms with Crippen molar-refractivity contribution in [2.75, 3.05) is 7.11 Å². The Morgan fingerprint density at radius 1 is 1.03 bits per heavy atom. The van der Waals surface area contributed by atoms with E-state index in [-0.39, 0.29) is 18.9 Å². The third-order valence-electron chi connectivity index (χ3n) is 6.72. The molecule has 0 fully saturated rings. The fraction of sp³-hybridized carbons (Fsp3) is 0.167. The summed E-state index contributed by atoms with van der Waals surface area (Å²) in [6.45, 7) is 1.84. The second kappa shape index (κ2) is 10.2. The molecule has 3 aromatic carbocycles.